The average Bonchev–Trinajstić information content (AvgIpc) is 3.35. The van der Waals surface area contributed by atoms with E-state index in [9.17, 15) is 14.2 Å². The van der Waals surface area contributed by atoms with E-state index >= 15 is 0 Å². The molecule has 0 unspecified atom stereocenters. The second kappa shape index (κ2) is 9.04. The molecule has 2 aromatic heterocycles. The van der Waals surface area contributed by atoms with Crippen LogP contribution in [0.5, 0.6) is 0 Å². The van der Waals surface area contributed by atoms with Gasteiger partial charge < -0.3 is 25.0 Å². The van der Waals surface area contributed by atoms with Crippen molar-refractivity contribution in [3.8, 4) is 0 Å². The second-order valence-corrected chi connectivity index (χ2v) is 8.62. The fraction of sp³-hybridized carbons (Fsp3) is 0.368. The third-order valence-electron chi connectivity index (χ3n) is 5.22. The van der Waals surface area contributed by atoms with Gasteiger partial charge in [-0.3, -0.25) is 18.9 Å². The quantitative estimate of drug-likeness (QED) is 0.278. The van der Waals surface area contributed by atoms with Gasteiger partial charge in [-0.25, -0.2) is 14.3 Å². The Morgan fingerprint density at radius 2 is 2.15 bits per heavy atom. The van der Waals surface area contributed by atoms with Crippen molar-refractivity contribution in [1.82, 2.24) is 19.5 Å². The Bertz CT molecular complexity index is 1280. The molecule has 0 aliphatic carbocycles. The largest absolute Gasteiger partial charge is 0.469 e. The van der Waals surface area contributed by atoms with Gasteiger partial charge in [0.2, 0.25) is 5.95 Å². The summed E-state index contributed by atoms with van der Waals surface area (Å²) in [5.74, 6) is -0.718. The molecule has 0 radical (unpaired) electrons. The number of imidazole rings is 1. The maximum absolute atomic E-state index is 12.9. The molecule has 13 nitrogen and oxygen atoms in total. The smallest absolute Gasteiger partial charge is 0.456 e. The number of aryl methyl sites for hydroxylation is 1. The van der Waals surface area contributed by atoms with Crippen molar-refractivity contribution in [2.45, 2.75) is 38.2 Å². The van der Waals surface area contributed by atoms with Crippen LogP contribution in [0.4, 0.5) is 5.95 Å². The van der Waals surface area contributed by atoms with Crippen molar-refractivity contribution in [1.29, 1.82) is 0 Å². The zero-order valence-electron chi connectivity index (χ0n) is 17.5. The van der Waals surface area contributed by atoms with Crippen LogP contribution in [0, 0.1) is 0 Å². The molecule has 0 saturated carbocycles. The number of nitrogens with zero attached hydrogens (tertiary/aromatic N) is 3. The minimum absolute atomic E-state index is 0.0353. The molecular formula is C19H22N5O8P. The normalized spacial score (nSPS) is 20.9. The van der Waals surface area contributed by atoms with E-state index in [0.717, 1.165) is 5.56 Å². The number of ether oxygens (including phenoxy) is 2. The number of nitrogens with two attached hydrogens (primary N) is 1. The number of esters is 1. The molecule has 1 aliphatic heterocycles. The second-order valence-electron chi connectivity index (χ2n) is 7.38. The van der Waals surface area contributed by atoms with Crippen molar-refractivity contribution < 1.29 is 33.1 Å². The fourth-order valence-electron chi connectivity index (χ4n) is 3.70. The van der Waals surface area contributed by atoms with Gasteiger partial charge in [-0.2, -0.15) is 4.98 Å². The molecule has 33 heavy (non-hydrogen) atoms. The number of hydrogen-bond acceptors (Lipinski definition) is 9. The molecule has 0 bridgehead atoms. The topological polar surface area (TPSA) is 192 Å². The van der Waals surface area contributed by atoms with Gasteiger partial charge in [0, 0.05) is 6.42 Å². The first kappa shape index (κ1) is 23.1. The molecule has 3 heterocycles. The van der Waals surface area contributed by atoms with E-state index in [2.05, 4.69) is 19.5 Å². The highest BCUT2D eigenvalue weighted by Crippen LogP contribution is 2.39. The van der Waals surface area contributed by atoms with Crippen LogP contribution in [0.25, 0.3) is 11.2 Å². The maximum Gasteiger partial charge on any atom is 0.469 e. The minimum Gasteiger partial charge on any atom is -0.456 e. The highest BCUT2D eigenvalue weighted by Gasteiger charge is 2.41. The lowest BCUT2D eigenvalue weighted by Gasteiger charge is -2.19. The molecule has 14 heteroatoms. The number of fused-ring (bicyclic) bond motifs is 1. The van der Waals surface area contributed by atoms with Crippen molar-refractivity contribution in [3.63, 3.8) is 0 Å². The Labute approximate surface area is 186 Å². The first-order valence-electron chi connectivity index (χ1n) is 10.0. The number of nitrogens with one attached hydrogen (secondary N) is 1. The van der Waals surface area contributed by atoms with Gasteiger partial charge in [-0.05, 0) is 18.1 Å². The Hall–Kier alpha value is -3.09. The summed E-state index contributed by atoms with van der Waals surface area (Å²) in [6, 6.07) is 6.97. The summed E-state index contributed by atoms with van der Waals surface area (Å²) in [5.41, 5.74) is 6.46. The molecule has 5 N–H and O–H groups in total. The van der Waals surface area contributed by atoms with E-state index in [1.165, 1.54) is 10.9 Å². The standard InChI is InChI=1S/C19H22N5O8P/c1-2-10-5-3-4-6-11(10)18(26)32-12-7-14(31-13(12)8-30-33(27,28)29)24-9-21-15-16(24)22-19(20)23-17(15)25/h3-6,9,12-14H,2,7-8H2,1H3,(H2,27,28,29)(H3,20,22,23,25)/t12-,13-,14-/m1/s1. The van der Waals surface area contributed by atoms with Crippen LogP contribution in [-0.4, -0.2) is 54.1 Å². The highest BCUT2D eigenvalue weighted by atomic mass is 31.2. The number of phosphoric acid groups is 1. The Morgan fingerprint density at radius 1 is 1.39 bits per heavy atom. The summed E-state index contributed by atoms with van der Waals surface area (Å²) in [7, 11) is -4.80. The number of phosphoric ester groups is 1. The van der Waals surface area contributed by atoms with Crippen LogP contribution in [0.2, 0.25) is 0 Å². The number of aromatic nitrogens is 4. The van der Waals surface area contributed by atoms with Crippen LogP contribution in [-0.2, 0) is 25.0 Å². The van der Waals surface area contributed by atoms with Gasteiger partial charge in [-0.1, -0.05) is 25.1 Å². The van der Waals surface area contributed by atoms with E-state index in [-0.39, 0.29) is 23.5 Å². The SMILES string of the molecule is CCc1ccccc1C(=O)O[C@@H]1C[C@H](n2cnc3c(=O)[nH]c(N)nc32)O[C@@H]1COP(=O)(O)O. The van der Waals surface area contributed by atoms with E-state index < -0.39 is 44.4 Å². The third kappa shape index (κ3) is 4.97. The number of anilines is 1. The molecule has 0 amide bonds. The Kier molecular flexibility index (Phi) is 6.32. The summed E-state index contributed by atoms with van der Waals surface area (Å²) < 4.78 is 28.8. The predicted molar refractivity (Wildman–Crippen MR) is 114 cm³/mol. The molecule has 0 spiro atoms. The number of carbonyl (C=O) groups is 1. The van der Waals surface area contributed by atoms with E-state index in [1.807, 2.05) is 19.1 Å². The van der Waals surface area contributed by atoms with Gasteiger partial charge in [-0.15, -0.1) is 0 Å². The number of nitrogen functional groups attached to an aromatic ring is 1. The molecule has 176 valence electrons. The van der Waals surface area contributed by atoms with Gasteiger partial charge in [0.25, 0.3) is 5.56 Å². The predicted octanol–water partition coefficient (Wildman–Crippen LogP) is 0.887. The van der Waals surface area contributed by atoms with E-state index in [1.54, 1.807) is 12.1 Å². The monoisotopic (exact) mass is 479 g/mol. The van der Waals surface area contributed by atoms with Crippen LogP contribution in [0.15, 0.2) is 35.4 Å². The summed E-state index contributed by atoms with van der Waals surface area (Å²) in [6.07, 6.45) is -0.687. The minimum atomic E-state index is -4.80. The van der Waals surface area contributed by atoms with Crippen molar-refractivity contribution >= 4 is 30.9 Å². The summed E-state index contributed by atoms with van der Waals surface area (Å²) in [4.78, 5) is 53.6. The zero-order chi connectivity index (χ0) is 23.8. The molecule has 1 aliphatic rings. The van der Waals surface area contributed by atoms with Crippen molar-refractivity contribution in [2.24, 2.45) is 0 Å². The number of rotatable bonds is 7. The Morgan fingerprint density at radius 3 is 2.88 bits per heavy atom. The van der Waals surface area contributed by atoms with Gasteiger partial charge >= 0.3 is 13.8 Å². The molecular weight excluding hydrogens is 457 g/mol. The number of aromatic amines is 1. The summed E-state index contributed by atoms with van der Waals surface area (Å²) >= 11 is 0. The van der Waals surface area contributed by atoms with Gasteiger partial charge in [0.15, 0.2) is 11.2 Å². The lowest BCUT2D eigenvalue weighted by molar-refractivity contribution is -0.0491. The van der Waals surface area contributed by atoms with Crippen molar-refractivity contribution in [2.75, 3.05) is 12.3 Å². The summed E-state index contributed by atoms with van der Waals surface area (Å²) in [5, 5.41) is 0. The van der Waals surface area contributed by atoms with E-state index in [0.29, 0.717) is 12.0 Å². The maximum atomic E-state index is 12.9. The molecule has 1 fully saturated rings. The molecule has 4 rings (SSSR count). The number of H-pyrrole nitrogens is 1. The number of benzene rings is 1. The lowest BCUT2D eigenvalue weighted by Crippen LogP contribution is -2.31. The average molecular weight is 479 g/mol. The highest BCUT2D eigenvalue weighted by molar-refractivity contribution is 7.46. The first-order chi connectivity index (χ1) is 15.7. The van der Waals surface area contributed by atoms with Crippen LogP contribution in [0.3, 0.4) is 0 Å². The molecule has 1 saturated heterocycles. The van der Waals surface area contributed by atoms with E-state index in [4.69, 9.17) is 25.0 Å². The number of carbonyl (C=O) groups excluding carboxylic acids is 1. The first-order valence-corrected chi connectivity index (χ1v) is 11.6. The van der Waals surface area contributed by atoms with Crippen LogP contribution in [0.1, 0.15) is 35.5 Å². The number of hydrogen-bond donors (Lipinski definition) is 4. The van der Waals surface area contributed by atoms with Crippen molar-refractivity contribution in [3.05, 3.63) is 52.1 Å². The Balaban J connectivity index is 1.61. The zero-order valence-corrected chi connectivity index (χ0v) is 18.3. The summed E-state index contributed by atoms with van der Waals surface area (Å²) in [6.45, 7) is 1.37. The van der Waals surface area contributed by atoms with Gasteiger partial charge in [0.05, 0.1) is 18.5 Å². The van der Waals surface area contributed by atoms with Crippen LogP contribution >= 0.6 is 7.82 Å². The lowest BCUT2D eigenvalue weighted by atomic mass is 10.1. The fourth-order valence-corrected chi connectivity index (χ4v) is 4.04. The molecule has 3 aromatic rings. The molecule has 3 atom stereocenters. The van der Waals surface area contributed by atoms with Crippen LogP contribution < -0.4 is 11.3 Å². The van der Waals surface area contributed by atoms with Gasteiger partial charge in [0.1, 0.15) is 18.4 Å². The third-order valence-corrected chi connectivity index (χ3v) is 5.71. The molecule has 1 aromatic carbocycles.